The Bertz CT molecular complexity index is 482. The number of rotatable bonds is 3. The summed E-state index contributed by atoms with van der Waals surface area (Å²) in [5.74, 6) is 1.35. The molecule has 0 aromatic carbocycles. The second-order valence-corrected chi connectivity index (χ2v) is 4.05. The van der Waals surface area contributed by atoms with Gasteiger partial charge in [-0.15, -0.1) is 0 Å². The smallest absolute Gasteiger partial charge is 0.165 e. The van der Waals surface area contributed by atoms with Gasteiger partial charge in [0.2, 0.25) is 0 Å². The van der Waals surface area contributed by atoms with Gasteiger partial charge in [-0.1, -0.05) is 11.6 Å². The van der Waals surface area contributed by atoms with E-state index in [1.807, 2.05) is 10.9 Å². The molecule has 0 spiro atoms. The lowest BCUT2D eigenvalue weighted by atomic mass is 10.4. The number of nitrogens with zero attached hydrogens (tertiary/aromatic N) is 3. The molecule has 2 aromatic rings. The first-order valence-corrected chi connectivity index (χ1v) is 5.36. The summed E-state index contributed by atoms with van der Waals surface area (Å²) in [5, 5.41) is 4.59. The van der Waals surface area contributed by atoms with Crippen molar-refractivity contribution in [3.05, 3.63) is 35.9 Å². The molecule has 84 valence electrons. The van der Waals surface area contributed by atoms with Gasteiger partial charge in [0.15, 0.2) is 5.75 Å². The van der Waals surface area contributed by atoms with E-state index in [-0.39, 0.29) is 0 Å². The van der Waals surface area contributed by atoms with Crippen molar-refractivity contribution in [3.63, 3.8) is 0 Å². The Kier molecular flexibility index (Phi) is 3.10. The number of ether oxygens (including phenoxy) is 1. The molecule has 0 saturated carbocycles. The molecule has 0 saturated heterocycles. The molecule has 16 heavy (non-hydrogen) atoms. The average Bonchev–Trinajstić information content (AvgIpc) is 2.66. The summed E-state index contributed by atoms with van der Waals surface area (Å²) in [5.41, 5.74) is 0. The Labute approximate surface area is 98.8 Å². The van der Waals surface area contributed by atoms with E-state index in [0.717, 1.165) is 0 Å². The number of hydrogen-bond acceptors (Lipinski definition) is 3. The fraction of sp³-hybridized carbons (Fsp3) is 0.273. The molecule has 0 radical (unpaired) electrons. The summed E-state index contributed by atoms with van der Waals surface area (Å²) in [6.45, 7) is 4.11. The van der Waals surface area contributed by atoms with E-state index in [2.05, 4.69) is 23.9 Å². The van der Waals surface area contributed by atoms with Crippen LogP contribution in [0.2, 0.25) is 5.15 Å². The molecule has 0 aliphatic heterocycles. The minimum atomic E-state index is 0.318. The number of halogens is 1. The van der Waals surface area contributed by atoms with Crippen LogP contribution in [0.25, 0.3) is 0 Å². The zero-order chi connectivity index (χ0) is 11.5. The average molecular weight is 238 g/mol. The molecule has 0 aliphatic rings. The lowest BCUT2D eigenvalue weighted by Crippen LogP contribution is -1.99. The van der Waals surface area contributed by atoms with E-state index in [1.165, 1.54) is 0 Å². The van der Waals surface area contributed by atoms with Gasteiger partial charge in [0.05, 0.1) is 12.4 Å². The van der Waals surface area contributed by atoms with Gasteiger partial charge in [0.25, 0.3) is 0 Å². The lowest BCUT2D eigenvalue weighted by molar-refractivity contribution is 0.476. The van der Waals surface area contributed by atoms with Crippen molar-refractivity contribution in [3.8, 4) is 11.5 Å². The first-order valence-electron chi connectivity index (χ1n) is 4.99. The number of aromatic nitrogens is 3. The van der Waals surface area contributed by atoms with Crippen molar-refractivity contribution in [1.29, 1.82) is 0 Å². The second-order valence-electron chi connectivity index (χ2n) is 3.67. The van der Waals surface area contributed by atoms with Crippen molar-refractivity contribution >= 4 is 11.6 Å². The topological polar surface area (TPSA) is 39.9 Å². The van der Waals surface area contributed by atoms with Gasteiger partial charge in [0, 0.05) is 18.3 Å². The molecule has 0 unspecified atom stereocenters. The molecule has 0 amide bonds. The molecule has 2 rings (SSSR count). The second kappa shape index (κ2) is 4.53. The van der Waals surface area contributed by atoms with Gasteiger partial charge in [-0.05, 0) is 19.9 Å². The highest BCUT2D eigenvalue weighted by atomic mass is 35.5. The third kappa shape index (κ3) is 2.52. The van der Waals surface area contributed by atoms with Crippen LogP contribution in [0.4, 0.5) is 0 Å². The van der Waals surface area contributed by atoms with Gasteiger partial charge >= 0.3 is 0 Å². The first-order chi connectivity index (χ1) is 7.65. The highest BCUT2D eigenvalue weighted by Crippen LogP contribution is 2.22. The molecule has 4 nitrogen and oxygen atoms in total. The molecule has 5 heteroatoms. The molecule has 0 bridgehead atoms. The third-order valence-corrected chi connectivity index (χ3v) is 2.25. The highest BCUT2D eigenvalue weighted by Gasteiger charge is 2.04. The zero-order valence-electron chi connectivity index (χ0n) is 9.09. The van der Waals surface area contributed by atoms with Crippen LogP contribution in [0, 0.1) is 0 Å². The Balaban J connectivity index is 2.14. The maximum absolute atomic E-state index is 5.75. The molecule has 2 heterocycles. The number of pyridine rings is 1. The molecule has 2 aromatic heterocycles. The number of hydrogen-bond donors (Lipinski definition) is 0. The Morgan fingerprint density at radius 2 is 2.19 bits per heavy atom. The third-order valence-electron chi connectivity index (χ3n) is 2.04. The Morgan fingerprint density at radius 3 is 2.81 bits per heavy atom. The monoisotopic (exact) mass is 237 g/mol. The molecule has 0 atom stereocenters. The molecular formula is C11H12ClN3O. The van der Waals surface area contributed by atoms with Gasteiger partial charge in [0.1, 0.15) is 10.9 Å². The minimum Gasteiger partial charge on any atom is -0.454 e. The lowest BCUT2D eigenvalue weighted by Gasteiger charge is -2.04. The molecule has 0 aliphatic carbocycles. The van der Waals surface area contributed by atoms with Crippen LogP contribution < -0.4 is 4.74 Å². The predicted molar refractivity (Wildman–Crippen MR) is 61.9 cm³/mol. The van der Waals surface area contributed by atoms with Crippen LogP contribution >= 0.6 is 11.6 Å². The van der Waals surface area contributed by atoms with E-state index in [9.17, 15) is 0 Å². The highest BCUT2D eigenvalue weighted by molar-refractivity contribution is 6.29. The first kappa shape index (κ1) is 11.0. The van der Waals surface area contributed by atoms with Crippen molar-refractivity contribution in [2.45, 2.75) is 19.9 Å². The van der Waals surface area contributed by atoms with Gasteiger partial charge < -0.3 is 4.74 Å². The quantitative estimate of drug-likeness (QED) is 0.769. The standard InChI is InChI=1S/C11H12ClN3O/c1-8(2)15-7-10(6-14-15)16-9-3-4-13-11(12)5-9/h3-8H,1-2H3. The van der Waals surface area contributed by atoms with Crippen molar-refractivity contribution in [2.75, 3.05) is 0 Å². The predicted octanol–water partition coefficient (Wildman–Crippen LogP) is 3.30. The zero-order valence-corrected chi connectivity index (χ0v) is 9.85. The van der Waals surface area contributed by atoms with Crippen molar-refractivity contribution < 1.29 is 4.74 Å². The summed E-state index contributed by atoms with van der Waals surface area (Å²) < 4.78 is 7.41. The SMILES string of the molecule is CC(C)n1cc(Oc2ccnc(Cl)c2)cn1. The van der Waals surface area contributed by atoms with E-state index in [0.29, 0.717) is 22.7 Å². The Hall–Kier alpha value is -1.55. The maximum Gasteiger partial charge on any atom is 0.165 e. The summed E-state index contributed by atoms with van der Waals surface area (Å²) in [6, 6.07) is 3.73. The summed E-state index contributed by atoms with van der Waals surface area (Å²) >= 11 is 5.75. The minimum absolute atomic E-state index is 0.318. The van der Waals surface area contributed by atoms with Crippen LogP contribution in [0.5, 0.6) is 11.5 Å². The van der Waals surface area contributed by atoms with Crippen molar-refractivity contribution in [1.82, 2.24) is 14.8 Å². The Morgan fingerprint density at radius 1 is 1.38 bits per heavy atom. The summed E-state index contributed by atoms with van der Waals surface area (Å²) in [7, 11) is 0. The fourth-order valence-corrected chi connectivity index (χ4v) is 1.40. The molecule has 0 N–H and O–H groups in total. The van der Waals surface area contributed by atoms with Crippen LogP contribution in [0.1, 0.15) is 19.9 Å². The summed E-state index contributed by atoms with van der Waals surface area (Å²) in [6.07, 6.45) is 5.12. The molecular weight excluding hydrogens is 226 g/mol. The molecule has 0 fully saturated rings. The van der Waals surface area contributed by atoms with E-state index in [4.69, 9.17) is 16.3 Å². The van der Waals surface area contributed by atoms with Crippen LogP contribution in [-0.4, -0.2) is 14.8 Å². The fourth-order valence-electron chi connectivity index (χ4n) is 1.24. The van der Waals surface area contributed by atoms with Crippen molar-refractivity contribution in [2.24, 2.45) is 0 Å². The van der Waals surface area contributed by atoms with E-state index >= 15 is 0 Å². The van der Waals surface area contributed by atoms with Crippen LogP contribution in [0.15, 0.2) is 30.7 Å². The van der Waals surface area contributed by atoms with E-state index in [1.54, 1.807) is 24.5 Å². The van der Waals surface area contributed by atoms with E-state index < -0.39 is 0 Å². The largest absolute Gasteiger partial charge is 0.454 e. The van der Waals surface area contributed by atoms with Gasteiger partial charge in [-0.25, -0.2) is 4.98 Å². The summed E-state index contributed by atoms with van der Waals surface area (Å²) in [4.78, 5) is 3.88. The normalized spacial score (nSPS) is 10.8. The van der Waals surface area contributed by atoms with Crippen LogP contribution in [0.3, 0.4) is 0 Å². The maximum atomic E-state index is 5.75. The van der Waals surface area contributed by atoms with Gasteiger partial charge in [-0.2, -0.15) is 5.10 Å². The van der Waals surface area contributed by atoms with Crippen LogP contribution in [-0.2, 0) is 0 Å². The van der Waals surface area contributed by atoms with Gasteiger partial charge in [-0.3, -0.25) is 4.68 Å².